The molecule has 1 rings (SSSR count). The fraction of sp³-hybridized carbons (Fsp3) is 0.500. The number of carbonyl (C=O) groups excluding carboxylic acids is 1. The Hall–Kier alpha value is -1.55. The van der Waals surface area contributed by atoms with Crippen molar-refractivity contribution in [2.45, 2.75) is 27.2 Å². The van der Waals surface area contributed by atoms with Crippen LogP contribution in [-0.4, -0.2) is 19.1 Å². The van der Waals surface area contributed by atoms with E-state index in [2.05, 4.69) is 26.1 Å². The zero-order chi connectivity index (χ0) is 13.6. The average Bonchev–Trinajstić information content (AvgIpc) is 2.26. The van der Waals surface area contributed by atoms with Crippen LogP contribution in [0.25, 0.3) is 0 Å². The van der Waals surface area contributed by atoms with Crippen LogP contribution < -0.4 is 11.1 Å². The van der Waals surface area contributed by atoms with Crippen molar-refractivity contribution in [3.63, 3.8) is 0 Å². The van der Waals surface area contributed by atoms with Crippen molar-refractivity contribution >= 4 is 17.3 Å². The average molecular weight is 250 g/mol. The van der Waals surface area contributed by atoms with Gasteiger partial charge in [-0.1, -0.05) is 20.8 Å². The number of ether oxygens (including phenoxy) is 1. The van der Waals surface area contributed by atoms with Gasteiger partial charge in [0.15, 0.2) is 0 Å². The third-order valence-corrected chi connectivity index (χ3v) is 2.42. The van der Waals surface area contributed by atoms with E-state index in [4.69, 9.17) is 10.5 Å². The van der Waals surface area contributed by atoms with Gasteiger partial charge in [-0.3, -0.25) is 4.79 Å². The first-order valence-electron chi connectivity index (χ1n) is 6.10. The van der Waals surface area contributed by atoms with Gasteiger partial charge in [0.25, 0.3) is 0 Å². The summed E-state index contributed by atoms with van der Waals surface area (Å²) in [5.74, 6) is -0.145. The fourth-order valence-corrected chi connectivity index (χ4v) is 1.31. The van der Waals surface area contributed by atoms with Crippen LogP contribution in [0.2, 0.25) is 0 Å². The van der Waals surface area contributed by atoms with Crippen LogP contribution in [0.3, 0.4) is 0 Å². The van der Waals surface area contributed by atoms with E-state index in [0.717, 1.165) is 12.1 Å². The molecule has 3 N–H and O–H groups in total. The predicted molar refractivity (Wildman–Crippen MR) is 74.4 cm³/mol. The highest BCUT2D eigenvalue weighted by Crippen LogP contribution is 2.17. The Balaban J connectivity index is 2.24. The van der Waals surface area contributed by atoms with Crippen LogP contribution in [0, 0.1) is 5.41 Å². The molecule has 0 aliphatic carbocycles. The van der Waals surface area contributed by atoms with E-state index in [-0.39, 0.29) is 17.9 Å². The minimum atomic E-state index is -0.145. The summed E-state index contributed by atoms with van der Waals surface area (Å²) in [5.41, 5.74) is 7.19. The number of nitrogen functional groups attached to an aromatic ring is 1. The van der Waals surface area contributed by atoms with Crippen LogP contribution in [0.4, 0.5) is 11.4 Å². The number of benzene rings is 1. The molecule has 0 saturated heterocycles. The molecule has 0 spiro atoms. The molecule has 1 amide bonds. The quantitative estimate of drug-likeness (QED) is 0.623. The van der Waals surface area contributed by atoms with Crippen LogP contribution >= 0.6 is 0 Å². The minimum absolute atomic E-state index is 0.0838. The van der Waals surface area contributed by atoms with Crippen molar-refractivity contribution in [3.05, 3.63) is 24.3 Å². The highest BCUT2D eigenvalue weighted by atomic mass is 16.5. The Kier molecular flexibility index (Phi) is 5.16. The Morgan fingerprint density at radius 2 is 1.89 bits per heavy atom. The largest absolute Gasteiger partial charge is 0.399 e. The van der Waals surface area contributed by atoms with Gasteiger partial charge in [-0.25, -0.2) is 0 Å². The fourth-order valence-electron chi connectivity index (χ4n) is 1.31. The van der Waals surface area contributed by atoms with E-state index < -0.39 is 0 Å². The summed E-state index contributed by atoms with van der Waals surface area (Å²) in [4.78, 5) is 11.6. The molecule has 1 aromatic rings. The van der Waals surface area contributed by atoms with E-state index in [1.165, 1.54) is 0 Å². The number of amides is 1. The molecule has 18 heavy (non-hydrogen) atoms. The van der Waals surface area contributed by atoms with E-state index in [1.807, 2.05) is 0 Å². The number of nitrogens with one attached hydrogen (secondary N) is 1. The molecule has 0 aliphatic heterocycles. The Labute approximate surface area is 109 Å². The smallest absolute Gasteiger partial charge is 0.250 e. The predicted octanol–water partition coefficient (Wildman–Crippen LogP) is 2.66. The molecule has 0 unspecified atom stereocenters. The lowest BCUT2D eigenvalue weighted by Crippen LogP contribution is -2.20. The Morgan fingerprint density at radius 1 is 1.28 bits per heavy atom. The number of carbonyl (C=O) groups is 1. The van der Waals surface area contributed by atoms with Crippen molar-refractivity contribution in [2.75, 3.05) is 24.3 Å². The Morgan fingerprint density at radius 3 is 2.44 bits per heavy atom. The van der Waals surface area contributed by atoms with Crippen LogP contribution in [-0.2, 0) is 9.53 Å². The molecule has 0 aromatic heterocycles. The maximum absolute atomic E-state index is 11.6. The number of hydrogen-bond acceptors (Lipinski definition) is 3. The zero-order valence-electron chi connectivity index (χ0n) is 11.3. The van der Waals surface area contributed by atoms with Gasteiger partial charge >= 0.3 is 0 Å². The van der Waals surface area contributed by atoms with Gasteiger partial charge in [0.2, 0.25) is 5.91 Å². The topological polar surface area (TPSA) is 64.3 Å². The van der Waals surface area contributed by atoms with Gasteiger partial charge in [-0.05, 0) is 36.1 Å². The molecule has 0 fully saturated rings. The summed E-state index contributed by atoms with van der Waals surface area (Å²) in [6, 6.07) is 7.02. The molecule has 4 nitrogen and oxygen atoms in total. The second kappa shape index (κ2) is 6.40. The second-order valence-corrected chi connectivity index (χ2v) is 5.53. The number of hydrogen-bond donors (Lipinski definition) is 2. The lowest BCUT2D eigenvalue weighted by atomic mass is 9.93. The van der Waals surface area contributed by atoms with Gasteiger partial charge in [0.05, 0.1) is 0 Å². The summed E-state index contributed by atoms with van der Waals surface area (Å²) in [7, 11) is 0. The van der Waals surface area contributed by atoms with E-state index in [1.54, 1.807) is 24.3 Å². The normalized spacial score (nSPS) is 11.3. The zero-order valence-corrected chi connectivity index (χ0v) is 11.3. The molecule has 0 bridgehead atoms. The number of rotatable bonds is 5. The van der Waals surface area contributed by atoms with E-state index >= 15 is 0 Å². The monoisotopic (exact) mass is 250 g/mol. The first-order chi connectivity index (χ1) is 8.37. The molecule has 0 heterocycles. The first-order valence-corrected chi connectivity index (χ1v) is 6.10. The Bertz CT molecular complexity index is 380. The maximum Gasteiger partial charge on any atom is 0.250 e. The van der Waals surface area contributed by atoms with Crippen molar-refractivity contribution in [3.8, 4) is 0 Å². The van der Waals surface area contributed by atoms with Crippen LogP contribution in [0.5, 0.6) is 0 Å². The molecule has 0 aliphatic rings. The molecular weight excluding hydrogens is 228 g/mol. The van der Waals surface area contributed by atoms with Gasteiger partial charge in [-0.2, -0.15) is 0 Å². The van der Waals surface area contributed by atoms with Gasteiger partial charge in [0.1, 0.15) is 6.61 Å². The minimum Gasteiger partial charge on any atom is -0.399 e. The molecule has 0 radical (unpaired) electrons. The van der Waals surface area contributed by atoms with Crippen molar-refractivity contribution in [1.29, 1.82) is 0 Å². The molecule has 1 aromatic carbocycles. The summed E-state index contributed by atoms with van der Waals surface area (Å²) in [6.07, 6.45) is 0.933. The summed E-state index contributed by atoms with van der Waals surface area (Å²) in [6.45, 7) is 7.11. The van der Waals surface area contributed by atoms with Crippen molar-refractivity contribution < 1.29 is 9.53 Å². The first kappa shape index (κ1) is 14.5. The van der Waals surface area contributed by atoms with Crippen LogP contribution in [0.15, 0.2) is 24.3 Å². The molecular formula is C14H22N2O2. The SMILES string of the molecule is CC(C)(C)CCOCC(=O)Nc1ccc(N)cc1. The summed E-state index contributed by atoms with van der Waals surface area (Å²) >= 11 is 0. The highest BCUT2D eigenvalue weighted by Gasteiger charge is 2.10. The van der Waals surface area contributed by atoms with E-state index in [9.17, 15) is 4.79 Å². The summed E-state index contributed by atoms with van der Waals surface area (Å²) in [5, 5.41) is 2.75. The second-order valence-electron chi connectivity index (χ2n) is 5.53. The lowest BCUT2D eigenvalue weighted by molar-refractivity contribution is -0.120. The molecule has 4 heteroatoms. The third-order valence-electron chi connectivity index (χ3n) is 2.42. The third kappa shape index (κ3) is 6.25. The number of nitrogens with two attached hydrogens (primary N) is 1. The number of anilines is 2. The van der Waals surface area contributed by atoms with Gasteiger partial charge < -0.3 is 15.8 Å². The van der Waals surface area contributed by atoms with Gasteiger partial charge in [-0.15, -0.1) is 0 Å². The van der Waals surface area contributed by atoms with Crippen LogP contribution in [0.1, 0.15) is 27.2 Å². The van der Waals surface area contributed by atoms with Crippen molar-refractivity contribution in [1.82, 2.24) is 0 Å². The highest BCUT2D eigenvalue weighted by molar-refractivity contribution is 5.91. The molecule has 100 valence electrons. The summed E-state index contributed by atoms with van der Waals surface area (Å²) < 4.78 is 5.33. The van der Waals surface area contributed by atoms with Crippen molar-refractivity contribution in [2.24, 2.45) is 5.41 Å². The van der Waals surface area contributed by atoms with E-state index in [0.29, 0.717) is 12.3 Å². The molecule has 0 atom stereocenters. The maximum atomic E-state index is 11.6. The van der Waals surface area contributed by atoms with Gasteiger partial charge in [0, 0.05) is 18.0 Å². The standard InChI is InChI=1S/C14H22N2O2/c1-14(2,3)8-9-18-10-13(17)16-12-6-4-11(15)5-7-12/h4-7H,8-10,15H2,1-3H3,(H,16,17). The lowest BCUT2D eigenvalue weighted by Gasteiger charge is -2.17. The molecule has 0 saturated carbocycles.